The molecule has 1 aromatic heterocycles. The van der Waals surface area contributed by atoms with Gasteiger partial charge >= 0.3 is 0 Å². The molecular weight excluding hydrogens is 410 g/mol. The van der Waals surface area contributed by atoms with Gasteiger partial charge in [0.05, 0.1) is 18.1 Å². The molecule has 3 aromatic carbocycles. The van der Waals surface area contributed by atoms with E-state index < -0.39 is 0 Å². The van der Waals surface area contributed by atoms with Gasteiger partial charge in [0.2, 0.25) is 0 Å². The van der Waals surface area contributed by atoms with E-state index in [1.54, 1.807) is 7.11 Å². The Kier molecular flexibility index (Phi) is 7.07. The molecule has 160 valence electrons. The number of nitrogens with one attached hydrogen (secondary N) is 2. The van der Waals surface area contributed by atoms with Gasteiger partial charge in [-0.1, -0.05) is 48.0 Å². The number of methoxy groups -OCH3 is 1. The third-order valence-corrected chi connectivity index (χ3v) is 5.31. The van der Waals surface area contributed by atoms with Crippen molar-refractivity contribution in [2.75, 3.05) is 13.7 Å². The average Bonchev–Trinajstić information content (AvgIpc) is 3.20. The van der Waals surface area contributed by atoms with Crippen LogP contribution in [0.3, 0.4) is 0 Å². The molecule has 31 heavy (non-hydrogen) atoms. The standard InChI is InChI=1S/C25H26ClN3O2/c1-30-23-12-5-8-19(25(23)31-17-18-7-4-9-20(26)15-18)16-27-14-6-13-24-28-21-10-2-3-11-22(21)29-24/h2-5,7-12,15,27H,6,13-14,16-17H2,1H3,(H,28,29). The third kappa shape index (κ3) is 5.57. The number of halogens is 1. The second-order valence-electron chi connectivity index (χ2n) is 7.35. The minimum atomic E-state index is 0.431. The van der Waals surface area contributed by atoms with E-state index in [4.69, 9.17) is 21.1 Å². The molecular formula is C25H26ClN3O2. The van der Waals surface area contributed by atoms with Gasteiger partial charge in [0, 0.05) is 23.6 Å². The Bertz CT molecular complexity index is 1110. The van der Waals surface area contributed by atoms with Crippen LogP contribution < -0.4 is 14.8 Å². The maximum Gasteiger partial charge on any atom is 0.166 e. The summed E-state index contributed by atoms with van der Waals surface area (Å²) in [6.45, 7) is 2.00. The number of ether oxygens (including phenoxy) is 2. The molecule has 0 aliphatic rings. The van der Waals surface area contributed by atoms with Crippen LogP contribution in [0.2, 0.25) is 5.02 Å². The number of hydrogen-bond donors (Lipinski definition) is 2. The summed E-state index contributed by atoms with van der Waals surface area (Å²) in [5.41, 5.74) is 4.18. The van der Waals surface area contributed by atoms with E-state index in [1.807, 2.05) is 54.6 Å². The number of H-pyrrole nitrogens is 1. The van der Waals surface area contributed by atoms with Crippen molar-refractivity contribution in [1.29, 1.82) is 0 Å². The summed E-state index contributed by atoms with van der Waals surface area (Å²) in [5, 5.41) is 4.21. The Labute approximate surface area is 187 Å². The number of benzene rings is 3. The van der Waals surface area contributed by atoms with E-state index in [-0.39, 0.29) is 0 Å². The molecule has 0 unspecified atom stereocenters. The normalized spacial score (nSPS) is 11.0. The number of rotatable bonds is 10. The Morgan fingerprint density at radius 2 is 1.90 bits per heavy atom. The van der Waals surface area contributed by atoms with Crippen LogP contribution in [0.5, 0.6) is 11.5 Å². The molecule has 0 spiro atoms. The summed E-state index contributed by atoms with van der Waals surface area (Å²) in [5.74, 6) is 2.51. The van der Waals surface area contributed by atoms with Crippen molar-refractivity contribution in [3.63, 3.8) is 0 Å². The predicted octanol–water partition coefficient (Wildman–Crippen LogP) is 5.53. The van der Waals surface area contributed by atoms with Crippen molar-refractivity contribution in [2.24, 2.45) is 0 Å². The van der Waals surface area contributed by atoms with Crippen LogP contribution in [0.1, 0.15) is 23.4 Å². The number of hydrogen-bond acceptors (Lipinski definition) is 4. The quantitative estimate of drug-likeness (QED) is 0.322. The van der Waals surface area contributed by atoms with E-state index >= 15 is 0 Å². The highest BCUT2D eigenvalue weighted by atomic mass is 35.5. The Balaban J connectivity index is 1.32. The smallest absolute Gasteiger partial charge is 0.166 e. The van der Waals surface area contributed by atoms with Crippen molar-refractivity contribution < 1.29 is 9.47 Å². The molecule has 0 aliphatic heterocycles. The summed E-state index contributed by atoms with van der Waals surface area (Å²) in [6, 6.07) is 21.8. The van der Waals surface area contributed by atoms with Gasteiger partial charge in [-0.2, -0.15) is 0 Å². The fourth-order valence-electron chi connectivity index (χ4n) is 3.54. The molecule has 0 amide bonds. The first-order valence-corrected chi connectivity index (χ1v) is 10.8. The lowest BCUT2D eigenvalue weighted by atomic mass is 10.1. The molecule has 0 saturated carbocycles. The summed E-state index contributed by atoms with van der Waals surface area (Å²) in [7, 11) is 1.66. The van der Waals surface area contributed by atoms with Gasteiger partial charge in [-0.25, -0.2) is 4.98 Å². The van der Waals surface area contributed by atoms with Crippen LogP contribution in [0.15, 0.2) is 66.7 Å². The van der Waals surface area contributed by atoms with Gasteiger partial charge < -0.3 is 19.8 Å². The maximum atomic E-state index is 6.12. The first kappa shape index (κ1) is 21.2. The van der Waals surface area contributed by atoms with Crippen LogP contribution in [-0.2, 0) is 19.6 Å². The molecule has 4 rings (SSSR count). The lowest BCUT2D eigenvalue weighted by molar-refractivity contribution is 0.280. The van der Waals surface area contributed by atoms with Crippen LogP contribution >= 0.6 is 11.6 Å². The number of fused-ring (bicyclic) bond motifs is 1. The van der Waals surface area contributed by atoms with Crippen molar-refractivity contribution in [3.8, 4) is 11.5 Å². The average molecular weight is 436 g/mol. The Morgan fingerprint density at radius 3 is 2.74 bits per heavy atom. The van der Waals surface area contributed by atoms with Gasteiger partial charge in [-0.15, -0.1) is 0 Å². The fraction of sp³-hybridized carbons (Fsp3) is 0.240. The van der Waals surface area contributed by atoms with E-state index in [0.717, 1.165) is 58.9 Å². The molecule has 5 nitrogen and oxygen atoms in total. The van der Waals surface area contributed by atoms with E-state index in [1.165, 1.54) is 0 Å². The largest absolute Gasteiger partial charge is 0.493 e. The summed E-state index contributed by atoms with van der Waals surface area (Å²) >= 11 is 6.08. The second-order valence-corrected chi connectivity index (χ2v) is 7.78. The number of aryl methyl sites for hydroxylation is 1. The van der Waals surface area contributed by atoms with Gasteiger partial charge in [-0.3, -0.25) is 0 Å². The molecule has 1 heterocycles. The first-order chi connectivity index (χ1) is 15.2. The van der Waals surface area contributed by atoms with Crippen LogP contribution in [-0.4, -0.2) is 23.6 Å². The van der Waals surface area contributed by atoms with E-state index in [9.17, 15) is 0 Å². The zero-order chi connectivity index (χ0) is 21.5. The second kappa shape index (κ2) is 10.3. The fourth-order valence-corrected chi connectivity index (χ4v) is 3.75. The number of imidazole rings is 1. The molecule has 0 saturated heterocycles. The van der Waals surface area contributed by atoms with Crippen molar-refractivity contribution in [1.82, 2.24) is 15.3 Å². The summed E-state index contributed by atoms with van der Waals surface area (Å²) < 4.78 is 11.6. The topological polar surface area (TPSA) is 59.2 Å². The Hall–Kier alpha value is -3.02. The van der Waals surface area contributed by atoms with Gasteiger partial charge in [0.1, 0.15) is 12.4 Å². The minimum Gasteiger partial charge on any atom is -0.493 e. The number of aromatic amines is 1. The zero-order valence-corrected chi connectivity index (χ0v) is 18.3. The third-order valence-electron chi connectivity index (χ3n) is 5.07. The number of nitrogens with zero attached hydrogens (tertiary/aromatic N) is 1. The molecule has 0 aliphatic carbocycles. The van der Waals surface area contributed by atoms with Gasteiger partial charge in [-0.05, 0) is 48.9 Å². The first-order valence-electron chi connectivity index (χ1n) is 10.4. The van der Waals surface area contributed by atoms with E-state index in [0.29, 0.717) is 18.2 Å². The maximum absolute atomic E-state index is 6.12. The van der Waals surface area contributed by atoms with Crippen molar-refractivity contribution in [3.05, 3.63) is 88.7 Å². The van der Waals surface area contributed by atoms with Crippen molar-refractivity contribution >= 4 is 22.6 Å². The number of para-hydroxylation sites is 3. The van der Waals surface area contributed by atoms with Crippen molar-refractivity contribution in [2.45, 2.75) is 26.0 Å². The molecule has 0 atom stereocenters. The highest BCUT2D eigenvalue weighted by Crippen LogP contribution is 2.32. The summed E-state index contributed by atoms with van der Waals surface area (Å²) in [6.07, 6.45) is 1.89. The van der Waals surface area contributed by atoms with Crippen LogP contribution in [0.4, 0.5) is 0 Å². The van der Waals surface area contributed by atoms with E-state index in [2.05, 4.69) is 27.4 Å². The highest BCUT2D eigenvalue weighted by Gasteiger charge is 2.11. The molecule has 2 N–H and O–H groups in total. The lowest BCUT2D eigenvalue weighted by Crippen LogP contribution is -2.16. The molecule has 6 heteroatoms. The predicted molar refractivity (Wildman–Crippen MR) is 125 cm³/mol. The zero-order valence-electron chi connectivity index (χ0n) is 17.5. The van der Waals surface area contributed by atoms with Gasteiger partial charge in [0.25, 0.3) is 0 Å². The summed E-state index contributed by atoms with van der Waals surface area (Å²) in [4.78, 5) is 8.02. The van der Waals surface area contributed by atoms with Crippen LogP contribution in [0, 0.1) is 0 Å². The molecule has 0 radical (unpaired) electrons. The van der Waals surface area contributed by atoms with Gasteiger partial charge in [0.15, 0.2) is 11.5 Å². The SMILES string of the molecule is COc1cccc(CNCCCc2nc3ccccc3[nH]2)c1OCc1cccc(Cl)c1. The number of aromatic nitrogens is 2. The highest BCUT2D eigenvalue weighted by molar-refractivity contribution is 6.30. The van der Waals surface area contributed by atoms with Crippen LogP contribution in [0.25, 0.3) is 11.0 Å². The molecule has 0 fully saturated rings. The Morgan fingerprint density at radius 1 is 1.03 bits per heavy atom. The minimum absolute atomic E-state index is 0.431. The molecule has 0 bridgehead atoms. The lowest BCUT2D eigenvalue weighted by Gasteiger charge is -2.16. The monoisotopic (exact) mass is 435 g/mol. The molecule has 4 aromatic rings.